The molecule has 1 atom stereocenters. The highest BCUT2D eigenvalue weighted by Gasteiger charge is 2.02. The Morgan fingerprint density at radius 2 is 1.64 bits per heavy atom. The zero-order valence-electron chi connectivity index (χ0n) is 8.09. The van der Waals surface area contributed by atoms with Gasteiger partial charge in [0.15, 0.2) is 0 Å². The van der Waals surface area contributed by atoms with Gasteiger partial charge in [-0.2, -0.15) is 10.9 Å². The minimum absolute atomic E-state index is 0.282. The summed E-state index contributed by atoms with van der Waals surface area (Å²) in [6.45, 7) is 0. The summed E-state index contributed by atoms with van der Waals surface area (Å²) in [4.78, 5) is 5.76. The molecular formula is C12H13NS. The summed E-state index contributed by atoms with van der Waals surface area (Å²) in [5.41, 5.74) is 0. The van der Waals surface area contributed by atoms with Gasteiger partial charge in [0.05, 0.1) is 5.03 Å². The molecule has 0 radical (unpaired) electrons. The van der Waals surface area contributed by atoms with Crippen molar-refractivity contribution in [3.8, 4) is 0 Å². The summed E-state index contributed by atoms with van der Waals surface area (Å²) in [5, 5.41) is 1.19. The van der Waals surface area contributed by atoms with Crippen LogP contribution in [-0.4, -0.2) is 11.2 Å². The number of thiol groups is 1. The molecule has 1 heterocycles. The molecule has 0 fully saturated rings. The van der Waals surface area contributed by atoms with Gasteiger partial charge in [0, 0.05) is 6.20 Å². The molecule has 0 N–H and O–H groups in total. The molecule has 2 aromatic rings. The fourth-order valence-corrected chi connectivity index (χ4v) is 2.77. The van der Waals surface area contributed by atoms with E-state index in [0.29, 0.717) is 0 Å². The van der Waals surface area contributed by atoms with Gasteiger partial charge in [0.25, 0.3) is 0 Å². The summed E-state index contributed by atoms with van der Waals surface area (Å²) >= 11 is 0. The third-order valence-electron chi connectivity index (χ3n) is 2.14. The Morgan fingerprint density at radius 1 is 0.929 bits per heavy atom. The van der Waals surface area contributed by atoms with Crippen LogP contribution in [0.3, 0.4) is 0 Å². The Labute approximate surface area is 87.2 Å². The van der Waals surface area contributed by atoms with Crippen molar-refractivity contribution >= 4 is 10.9 Å². The fourth-order valence-electron chi connectivity index (χ4n) is 1.34. The van der Waals surface area contributed by atoms with E-state index in [0.717, 1.165) is 0 Å². The molecule has 1 unspecified atom stereocenters. The number of aromatic nitrogens is 1. The van der Waals surface area contributed by atoms with E-state index in [1.807, 2.05) is 24.4 Å². The van der Waals surface area contributed by atoms with Crippen molar-refractivity contribution < 1.29 is 0 Å². The van der Waals surface area contributed by atoms with Crippen molar-refractivity contribution in [1.82, 2.24) is 4.98 Å². The van der Waals surface area contributed by atoms with Crippen LogP contribution in [0.2, 0.25) is 0 Å². The Hall–Kier alpha value is -1.28. The van der Waals surface area contributed by atoms with E-state index in [1.165, 1.54) is 9.92 Å². The predicted molar refractivity (Wildman–Crippen MR) is 62.1 cm³/mol. The quantitative estimate of drug-likeness (QED) is 0.740. The third kappa shape index (κ3) is 1.96. The van der Waals surface area contributed by atoms with E-state index in [2.05, 4.69) is 41.6 Å². The number of nitrogens with zero attached hydrogens (tertiary/aromatic N) is 1. The first-order chi connectivity index (χ1) is 6.88. The summed E-state index contributed by atoms with van der Waals surface area (Å²) in [5.74, 6) is 0. The van der Waals surface area contributed by atoms with Gasteiger partial charge in [-0.05, 0) is 35.4 Å². The summed E-state index contributed by atoms with van der Waals surface area (Å²) < 4.78 is 0. The Morgan fingerprint density at radius 3 is 2.29 bits per heavy atom. The first-order valence-corrected chi connectivity index (χ1v) is 6.36. The van der Waals surface area contributed by atoms with Crippen LogP contribution in [0.5, 0.6) is 0 Å². The Kier molecular flexibility index (Phi) is 2.84. The summed E-state index contributed by atoms with van der Waals surface area (Å²) in [7, 11) is -0.282. The van der Waals surface area contributed by atoms with E-state index in [9.17, 15) is 0 Å². The van der Waals surface area contributed by atoms with Gasteiger partial charge in [-0.1, -0.05) is 24.3 Å². The lowest BCUT2D eigenvalue weighted by atomic mass is 10.4. The Bertz CT molecular complexity index is 346. The molecule has 1 aromatic heterocycles. The molecule has 1 aromatic carbocycles. The van der Waals surface area contributed by atoms with Crippen molar-refractivity contribution in [3.63, 3.8) is 0 Å². The van der Waals surface area contributed by atoms with E-state index in [-0.39, 0.29) is 10.9 Å². The summed E-state index contributed by atoms with van der Waals surface area (Å²) in [6.07, 6.45) is 4.10. The molecule has 0 saturated heterocycles. The normalized spacial score (nSPS) is 13.6. The lowest BCUT2D eigenvalue weighted by molar-refractivity contribution is 1.12. The maximum Gasteiger partial charge on any atom is 0.0801 e. The first-order valence-electron chi connectivity index (χ1n) is 4.58. The zero-order valence-corrected chi connectivity index (χ0v) is 8.99. The highest BCUT2D eigenvalue weighted by atomic mass is 32.2. The van der Waals surface area contributed by atoms with Gasteiger partial charge in [0.2, 0.25) is 0 Å². The molecular weight excluding hydrogens is 190 g/mol. The molecule has 2 heteroatoms. The average molecular weight is 203 g/mol. The molecule has 1 nitrogen and oxygen atoms in total. The lowest BCUT2D eigenvalue weighted by Gasteiger charge is -2.14. The number of hydrogen-bond donors (Lipinski definition) is 1. The number of pyridine rings is 1. The molecule has 0 amide bonds. The van der Waals surface area contributed by atoms with Gasteiger partial charge >= 0.3 is 0 Å². The van der Waals surface area contributed by atoms with Crippen molar-refractivity contribution in [2.45, 2.75) is 9.92 Å². The third-order valence-corrected chi connectivity index (χ3v) is 4.16. The number of hydrogen-bond acceptors (Lipinski definition) is 1. The maximum atomic E-state index is 4.38. The zero-order chi connectivity index (χ0) is 9.80. The smallest absolute Gasteiger partial charge is 0.0801 e. The average Bonchev–Trinajstić information content (AvgIpc) is 2.30. The van der Waals surface area contributed by atoms with E-state index in [4.69, 9.17) is 0 Å². The largest absolute Gasteiger partial charge is 0.251 e. The SMILES string of the molecule is C[SH](c1ccccc1)c1ccccn1. The van der Waals surface area contributed by atoms with Crippen LogP contribution >= 0.6 is 10.9 Å². The van der Waals surface area contributed by atoms with Crippen molar-refractivity contribution in [1.29, 1.82) is 0 Å². The predicted octanol–water partition coefficient (Wildman–Crippen LogP) is 3.13. The van der Waals surface area contributed by atoms with E-state index >= 15 is 0 Å². The number of benzene rings is 1. The van der Waals surface area contributed by atoms with Gasteiger partial charge in [-0.25, -0.2) is 0 Å². The van der Waals surface area contributed by atoms with Crippen LogP contribution < -0.4 is 0 Å². The minimum Gasteiger partial charge on any atom is -0.251 e. The van der Waals surface area contributed by atoms with Crippen molar-refractivity contribution in [2.75, 3.05) is 6.26 Å². The minimum atomic E-state index is -0.282. The standard InChI is InChI=1S/C12H13NS/c1-14(11-7-3-2-4-8-11)12-9-5-6-10-13-12/h2-10,14H,1H3. The highest BCUT2D eigenvalue weighted by molar-refractivity contribution is 8.16. The van der Waals surface area contributed by atoms with Gasteiger partial charge < -0.3 is 0 Å². The second-order valence-corrected chi connectivity index (χ2v) is 5.18. The van der Waals surface area contributed by atoms with Gasteiger partial charge in [-0.3, -0.25) is 4.98 Å². The highest BCUT2D eigenvalue weighted by Crippen LogP contribution is 2.38. The van der Waals surface area contributed by atoms with Crippen LogP contribution in [0.15, 0.2) is 64.6 Å². The van der Waals surface area contributed by atoms with Crippen molar-refractivity contribution in [3.05, 3.63) is 54.7 Å². The Balaban J connectivity index is 2.30. The van der Waals surface area contributed by atoms with Crippen LogP contribution in [0.1, 0.15) is 0 Å². The molecule has 0 saturated carbocycles. The molecule has 14 heavy (non-hydrogen) atoms. The van der Waals surface area contributed by atoms with Gasteiger partial charge in [0.1, 0.15) is 0 Å². The molecule has 0 aliphatic carbocycles. The van der Waals surface area contributed by atoms with Crippen LogP contribution in [0, 0.1) is 0 Å². The molecule has 0 aliphatic rings. The van der Waals surface area contributed by atoms with Crippen molar-refractivity contribution in [2.24, 2.45) is 0 Å². The van der Waals surface area contributed by atoms with Crippen LogP contribution in [0.25, 0.3) is 0 Å². The first kappa shape index (κ1) is 9.28. The molecule has 0 spiro atoms. The topological polar surface area (TPSA) is 12.9 Å². The van der Waals surface area contributed by atoms with E-state index < -0.39 is 0 Å². The van der Waals surface area contributed by atoms with Gasteiger partial charge in [-0.15, -0.1) is 0 Å². The lowest BCUT2D eigenvalue weighted by Crippen LogP contribution is -1.85. The molecule has 0 aliphatic heterocycles. The second kappa shape index (κ2) is 4.29. The maximum absolute atomic E-state index is 4.38. The molecule has 2 rings (SSSR count). The monoisotopic (exact) mass is 203 g/mol. The van der Waals surface area contributed by atoms with Crippen LogP contribution in [0.4, 0.5) is 0 Å². The number of rotatable bonds is 2. The molecule has 0 bridgehead atoms. The second-order valence-electron chi connectivity index (χ2n) is 3.08. The van der Waals surface area contributed by atoms with Crippen LogP contribution in [-0.2, 0) is 0 Å². The van der Waals surface area contributed by atoms with E-state index in [1.54, 1.807) is 0 Å². The molecule has 72 valence electrons. The summed E-state index contributed by atoms with van der Waals surface area (Å²) in [6, 6.07) is 16.6. The fraction of sp³-hybridized carbons (Fsp3) is 0.0833.